The van der Waals surface area contributed by atoms with Crippen LogP contribution in [0.5, 0.6) is 0 Å². The average molecular weight is 300 g/mol. The highest BCUT2D eigenvalue weighted by Crippen LogP contribution is 2.17. The molecule has 0 unspecified atom stereocenters. The summed E-state index contributed by atoms with van der Waals surface area (Å²) in [7, 11) is -3.46. The van der Waals surface area contributed by atoms with Crippen molar-refractivity contribution >= 4 is 15.9 Å². The van der Waals surface area contributed by atoms with Crippen molar-refractivity contribution in [2.24, 2.45) is 0 Å². The number of amides is 1. The molecule has 112 valence electrons. The van der Waals surface area contributed by atoms with Crippen molar-refractivity contribution in [1.82, 2.24) is 9.62 Å². The van der Waals surface area contributed by atoms with Crippen LogP contribution in [0.2, 0.25) is 0 Å². The zero-order valence-corrected chi connectivity index (χ0v) is 12.4. The predicted octanol–water partition coefficient (Wildman–Crippen LogP) is 1.10. The minimum absolute atomic E-state index is 0.0733. The minimum atomic E-state index is -3.46. The van der Waals surface area contributed by atoms with E-state index in [1.54, 1.807) is 12.1 Å². The number of carbonyl (C=O) groups is 1. The van der Waals surface area contributed by atoms with E-state index in [1.165, 1.54) is 6.26 Å². The van der Waals surface area contributed by atoms with Gasteiger partial charge in [-0.15, -0.1) is 0 Å². The van der Waals surface area contributed by atoms with E-state index in [0.717, 1.165) is 36.2 Å². The molecule has 0 saturated heterocycles. The summed E-state index contributed by atoms with van der Waals surface area (Å²) in [6.45, 7) is -0.0973. The highest BCUT2D eigenvalue weighted by molar-refractivity contribution is 7.88. The van der Waals surface area contributed by atoms with Crippen LogP contribution < -0.4 is 5.32 Å². The summed E-state index contributed by atoms with van der Waals surface area (Å²) in [5, 5.41) is 2.89. The van der Waals surface area contributed by atoms with Gasteiger partial charge in [0.25, 0.3) is 0 Å². The Morgan fingerprint density at radius 3 is 2.70 bits per heavy atom. The van der Waals surface area contributed by atoms with E-state index in [1.807, 2.05) is 0 Å². The Morgan fingerprint density at radius 2 is 2.15 bits per heavy atom. The van der Waals surface area contributed by atoms with Gasteiger partial charge >= 0.3 is 0 Å². The number of nitrogens with one attached hydrogen (secondary N) is 1. The van der Waals surface area contributed by atoms with Gasteiger partial charge in [0.05, 0.1) is 25.6 Å². The summed E-state index contributed by atoms with van der Waals surface area (Å²) < 4.78 is 29.7. The maximum Gasteiger partial charge on any atom is 0.235 e. The molecular weight excluding hydrogens is 280 g/mol. The molecule has 2 rings (SSSR count). The van der Waals surface area contributed by atoms with Crippen LogP contribution in [0, 0.1) is 0 Å². The van der Waals surface area contributed by atoms with Crippen molar-refractivity contribution in [3.63, 3.8) is 0 Å². The molecule has 1 heterocycles. The maximum atomic E-state index is 11.9. The molecule has 0 bridgehead atoms. The van der Waals surface area contributed by atoms with Crippen LogP contribution in [0.3, 0.4) is 0 Å². The van der Waals surface area contributed by atoms with Crippen molar-refractivity contribution in [3.8, 4) is 0 Å². The molecule has 1 N–H and O–H groups in total. The molecule has 1 aliphatic rings. The van der Waals surface area contributed by atoms with Gasteiger partial charge in [0.15, 0.2) is 0 Å². The maximum absolute atomic E-state index is 11.9. The van der Waals surface area contributed by atoms with Crippen LogP contribution in [0.25, 0.3) is 0 Å². The lowest BCUT2D eigenvalue weighted by atomic mass is 10.2. The Morgan fingerprint density at radius 1 is 1.45 bits per heavy atom. The van der Waals surface area contributed by atoms with E-state index in [0.29, 0.717) is 5.76 Å². The van der Waals surface area contributed by atoms with Crippen molar-refractivity contribution in [3.05, 3.63) is 24.2 Å². The topological polar surface area (TPSA) is 79.6 Å². The quantitative estimate of drug-likeness (QED) is 0.853. The molecule has 6 nitrogen and oxygen atoms in total. The fourth-order valence-corrected chi connectivity index (χ4v) is 3.08. The molecule has 7 heteroatoms. The van der Waals surface area contributed by atoms with Gasteiger partial charge in [-0.1, -0.05) is 12.8 Å². The normalized spacial score (nSPS) is 16.7. The molecule has 0 atom stereocenters. The smallest absolute Gasteiger partial charge is 0.235 e. The van der Waals surface area contributed by atoms with Crippen LogP contribution in [-0.4, -0.2) is 37.5 Å². The minimum Gasteiger partial charge on any atom is -0.468 e. The lowest BCUT2D eigenvalue weighted by Gasteiger charge is -2.20. The number of rotatable bonds is 6. The molecule has 0 radical (unpaired) electrons. The van der Waals surface area contributed by atoms with E-state index in [9.17, 15) is 13.2 Å². The van der Waals surface area contributed by atoms with Crippen molar-refractivity contribution in [1.29, 1.82) is 0 Å². The number of hydrogen-bond acceptors (Lipinski definition) is 4. The van der Waals surface area contributed by atoms with E-state index < -0.39 is 10.0 Å². The Bertz CT molecular complexity index is 533. The van der Waals surface area contributed by atoms with Crippen molar-refractivity contribution < 1.29 is 17.6 Å². The second-order valence-corrected chi connectivity index (χ2v) is 7.14. The van der Waals surface area contributed by atoms with Gasteiger partial charge in [0, 0.05) is 6.04 Å². The van der Waals surface area contributed by atoms with E-state index in [4.69, 9.17) is 4.42 Å². The number of hydrogen-bond donors (Lipinski definition) is 1. The second kappa shape index (κ2) is 6.41. The van der Waals surface area contributed by atoms with Crippen molar-refractivity contribution in [2.45, 2.75) is 38.3 Å². The van der Waals surface area contributed by atoms with E-state index in [-0.39, 0.29) is 25.0 Å². The van der Waals surface area contributed by atoms with Gasteiger partial charge in [-0.2, -0.15) is 4.31 Å². The first-order valence-electron chi connectivity index (χ1n) is 6.72. The highest BCUT2D eigenvalue weighted by atomic mass is 32.2. The van der Waals surface area contributed by atoms with Crippen LogP contribution in [0.1, 0.15) is 31.4 Å². The fraction of sp³-hybridized carbons (Fsp3) is 0.615. The fourth-order valence-electron chi connectivity index (χ4n) is 2.37. The zero-order valence-electron chi connectivity index (χ0n) is 11.5. The van der Waals surface area contributed by atoms with E-state index >= 15 is 0 Å². The van der Waals surface area contributed by atoms with Crippen molar-refractivity contribution in [2.75, 3.05) is 12.8 Å². The summed E-state index contributed by atoms with van der Waals surface area (Å²) in [6, 6.07) is 3.56. The molecule has 1 saturated carbocycles. The lowest BCUT2D eigenvalue weighted by Crippen LogP contribution is -2.42. The third kappa shape index (κ3) is 4.35. The van der Waals surface area contributed by atoms with Gasteiger partial charge in [0.2, 0.25) is 15.9 Å². The van der Waals surface area contributed by atoms with Gasteiger partial charge in [-0.3, -0.25) is 4.79 Å². The lowest BCUT2D eigenvalue weighted by molar-refractivity contribution is -0.122. The average Bonchev–Trinajstić information content (AvgIpc) is 2.99. The summed E-state index contributed by atoms with van der Waals surface area (Å²) >= 11 is 0. The standard InChI is InChI=1S/C13H20N2O4S/c1-20(17,18)15(9-12-7-4-8-19-12)10-13(16)14-11-5-2-3-6-11/h4,7-8,11H,2-3,5-6,9-10H2,1H3,(H,14,16). The summed E-state index contributed by atoms with van der Waals surface area (Å²) in [4.78, 5) is 11.9. The molecule has 1 aromatic heterocycles. The first kappa shape index (κ1) is 15.1. The van der Waals surface area contributed by atoms with Gasteiger partial charge in [0.1, 0.15) is 5.76 Å². The Balaban J connectivity index is 1.95. The van der Waals surface area contributed by atoms with Crippen LogP contribution in [0.15, 0.2) is 22.8 Å². The number of sulfonamides is 1. The number of furan rings is 1. The molecular formula is C13H20N2O4S. The predicted molar refractivity (Wildman–Crippen MR) is 74.4 cm³/mol. The molecule has 20 heavy (non-hydrogen) atoms. The molecule has 1 aliphatic carbocycles. The summed E-state index contributed by atoms with van der Waals surface area (Å²) in [5.74, 6) is 0.262. The molecule has 1 fully saturated rings. The monoisotopic (exact) mass is 300 g/mol. The van der Waals surface area contributed by atoms with Crippen LogP contribution in [0.4, 0.5) is 0 Å². The molecule has 1 aromatic rings. The van der Waals surface area contributed by atoms with Gasteiger partial charge in [-0.05, 0) is 25.0 Å². The summed E-state index contributed by atoms with van der Waals surface area (Å²) in [5.41, 5.74) is 0. The zero-order chi connectivity index (χ0) is 14.6. The molecule has 0 spiro atoms. The second-order valence-electron chi connectivity index (χ2n) is 5.16. The molecule has 0 aliphatic heterocycles. The summed E-state index contributed by atoms with van der Waals surface area (Å²) in [6.07, 6.45) is 6.76. The Kier molecular flexibility index (Phi) is 4.82. The molecule has 1 amide bonds. The molecule has 0 aromatic carbocycles. The highest BCUT2D eigenvalue weighted by Gasteiger charge is 2.24. The van der Waals surface area contributed by atoms with Crippen LogP contribution >= 0.6 is 0 Å². The van der Waals surface area contributed by atoms with E-state index in [2.05, 4.69) is 5.32 Å². The van der Waals surface area contributed by atoms with Gasteiger partial charge < -0.3 is 9.73 Å². The number of nitrogens with zero attached hydrogens (tertiary/aromatic N) is 1. The first-order valence-corrected chi connectivity index (χ1v) is 8.57. The Hall–Kier alpha value is -1.34. The van der Waals surface area contributed by atoms with Gasteiger partial charge in [-0.25, -0.2) is 8.42 Å². The van der Waals surface area contributed by atoms with Crippen LogP contribution in [-0.2, 0) is 21.4 Å². The first-order chi connectivity index (χ1) is 9.45. The largest absolute Gasteiger partial charge is 0.468 e. The third-order valence-corrected chi connectivity index (χ3v) is 4.62. The number of carbonyl (C=O) groups excluding carboxylic acids is 1. The Labute approximate surface area is 119 Å². The SMILES string of the molecule is CS(=O)(=O)N(CC(=O)NC1CCCC1)Cc1ccco1. The third-order valence-electron chi connectivity index (χ3n) is 3.42.